The minimum atomic E-state index is -0.761. The lowest BCUT2D eigenvalue weighted by atomic mass is 9.49. The fourth-order valence-electron chi connectivity index (χ4n) is 6.01. The molecule has 2 fully saturated rings. The zero-order chi connectivity index (χ0) is 15.8. The molecule has 1 spiro atoms. The molecule has 1 saturated heterocycles. The molecule has 5 rings (SSSR count). The summed E-state index contributed by atoms with van der Waals surface area (Å²) in [7, 11) is 0. The van der Waals surface area contributed by atoms with Gasteiger partial charge in [-0.25, -0.2) is 0 Å². The number of piperidine rings is 1. The summed E-state index contributed by atoms with van der Waals surface area (Å²) >= 11 is 0. The minimum Gasteiger partial charge on any atom is -0.504 e. The number of benzene rings is 1. The Bertz CT molecular complexity index is 702. The number of aromatic hydroxyl groups is 1. The van der Waals surface area contributed by atoms with Gasteiger partial charge in [0.05, 0.1) is 11.0 Å². The van der Waals surface area contributed by atoms with Crippen molar-refractivity contribution in [2.24, 2.45) is 0 Å². The Balaban J connectivity index is 1.78. The average Bonchev–Trinajstić information content (AvgIpc) is 2.87. The van der Waals surface area contributed by atoms with Crippen molar-refractivity contribution < 1.29 is 14.9 Å². The third-order valence-corrected chi connectivity index (χ3v) is 6.84. The Hall–Kier alpha value is -1.52. The van der Waals surface area contributed by atoms with Crippen LogP contribution in [-0.4, -0.2) is 45.9 Å². The van der Waals surface area contributed by atoms with Crippen LogP contribution >= 0.6 is 0 Å². The molecule has 1 aromatic carbocycles. The first-order valence-corrected chi connectivity index (χ1v) is 8.71. The molecule has 0 amide bonds. The lowest BCUT2D eigenvalue weighted by Gasteiger charge is -2.63. The van der Waals surface area contributed by atoms with Crippen LogP contribution < -0.4 is 4.74 Å². The lowest BCUT2D eigenvalue weighted by molar-refractivity contribution is -0.183. The van der Waals surface area contributed by atoms with Crippen LogP contribution in [0.4, 0.5) is 0 Å². The summed E-state index contributed by atoms with van der Waals surface area (Å²) in [5, 5.41) is 22.2. The quantitative estimate of drug-likeness (QED) is 0.821. The third-order valence-electron chi connectivity index (χ3n) is 6.84. The average molecular weight is 313 g/mol. The van der Waals surface area contributed by atoms with Crippen molar-refractivity contribution in [2.75, 3.05) is 13.1 Å². The van der Waals surface area contributed by atoms with E-state index in [4.69, 9.17) is 4.74 Å². The number of ether oxygens (including phenoxy) is 1. The van der Waals surface area contributed by atoms with Gasteiger partial charge in [0, 0.05) is 18.2 Å². The van der Waals surface area contributed by atoms with E-state index in [-0.39, 0.29) is 23.3 Å². The molecule has 2 aliphatic carbocycles. The Labute approximate surface area is 136 Å². The number of aliphatic hydroxyl groups is 1. The molecule has 2 aliphatic heterocycles. The number of nitrogens with zero attached hydrogens (tertiary/aromatic N) is 1. The minimum absolute atomic E-state index is 0.00280. The molecule has 4 atom stereocenters. The molecule has 4 heteroatoms. The molecule has 4 aliphatic rings. The maximum atomic E-state index is 11.9. The van der Waals surface area contributed by atoms with Crippen LogP contribution in [0.15, 0.2) is 24.8 Å². The van der Waals surface area contributed by atoms with Gasteiger partial charge in [-0.05, 0) is 50.3 Å². The Kier molecular flexibility index (Phi) is 2.60. The molecule has 0 aromatic heterocycles. The lowest BCUT2D eigenvalue weighted by Crippen LogP contribution is -2.75. The predicted molar refractivity (Wildman–Crippen MR) is 86.9 cm³/mol. The van der Waals surface area contributed by atoms with Crippen LogP contribution in [0.1, 0.15) is 36.8 Å². The normalized spacial score (nSPS) is 40.4. The van der Waals surface area contributed by atoms with Crippen LogP contribution in [0, 0.1) is 0 Å². The summed E-state index contributed by atoms with van der Waals surface area (Å²) in [6.45, 7) is 5.65. The fraction of sp³-hybridized carbons (Fsp3) is 0.579. The number of rotatable bonds is 2. The van der Waals surface area contributed by atoms with E-state index < -0.39 is 5.60 Å². The van der Waals surface area contributed by atoms with Crippen LogP contribution in [-0.2, 0) is 11.8 Å². The Morgan fingerprint density at radius 2 is 2.26 bits per heavy atom. The molecule has 122 valence electrons. The first-order chi connectivity index (χ1) is 11.1. The van der Waals surface area contributed by atoms with Crippen molar-refractivity contribution in [3.63, 3.8) is 0 Å². The van der Waals surface area contributed by atoms with E-state index >= 15 is 0 Å². The molecule has 1 aromatic rings. The molecule has 0 radical (unpaired) electrons. The molecule has 2 N–H and O–H groups in total. The second kappa shape index (κ2) is 4.31. The largest absolute Gasteiger partial charge is 0.504 e. The standard InChI is InChI=1S/C19H23NO3/c1-2-9-20-10-8-18-15-4-3-7-19(18,22)14(20)11-12-5-6-13(21)17(23-15)16(12)18/h2,5-6,14-15,21-22H,1,3-4,7-11H2/t14-,15+,18-,19-/m1/s1. The molecule has 4 nitrogen and oxygen atoms in total. The van der Waals surface area contributed by atoms with Gasteiger partial charge in [-0.2, -0.15) is 0 Å². The molecule has 1 saturated carbocycles. The molecule has 23 heavy (non-hydrogen) atoms. The molecule has 2 heterocycles. The summed E-state index contributed by atoms with van der Waals surface area (Å²) < 4.78 is 6.22. The van der Waals surface area contributed by atoms with Crippen molar-refractivity contribution in [1.29, 1.82) is 0 Å². The van der Waals surface area contributed by atoms with Crippen LogP contribution in [0.3, 0.4) is 0 Å². The van der Waals surface area contributed by atoms with Crippen molar-refractivity contribution in [1.82, 2.24) is 4.90 Å². The van der Waals surface area contributed by atoms with Gasteiger partial charge in [0.15, 0.2) is 11.5 Å². The zero-order valence-electron chi connectivity index (χ0n) is 13.3. The summed E-state index contributed by atoms with van der Waals surface area (Å²) in [5.41, 5.74) is 1.25. The highest BCUT2D eigenvalue weighted by atomic mass is 16.5. The smallest absolute Gasteiger partial charge is 0.165 e. The van der Waals surface area contributed by atoms with Crippen molar-refractivity contribution >= 4 is 0 Å². The fourth-order valence-corrected chi connectivity index (χ4v) is 6.01. The molecular formula is C19H23NO3. The summed E-state index contributed by atoms with van der Waals surface area (Å²) in [4.78, 5) is 2.38. The van der Waals surface area contributed by atoms with Crippen molar-refractivity contribution in [3.05, 3.63) is 35.9 Å². The zero-order valence-corrected chi connectivity index (χ0v) is 13.3. The van der Waals surface area contributed by atoms with Gasteiger partial charge in [-0.3, -0.25) is 4.90 Å². The topological polar surface area (TPSA) is 52.9 Å². The monoisotopic (exact) mass is 313 g/mol. The van der Waals surface area contributed by atoms with Crippen LogP contribution in [0.2, 0.25) is 0 Å². The van der Waals surface area contributed by atoms with Crippen LogP contribution in [0.5, 0.6) is 11.5 Å². The van der Waals surface area contributed by atoms with Gasteiger partial charge in [0.1, 0.15) is 6.10 Å². The summed E-state index contributed by atoms with van der Waals surface area (Å²) in [6, 6.07) is 3.89. The SMILES string of the molecule is C=CCN1CC[C@]23c4c5ccc(O)c4O[C@H]2CCC[C@@]3(O)[C@H]1C5. The number of hydrogen-bond acceptors (Lipinski definition) is 4. The third kappa shape index (κ3) is 1.41. The van der Waals surface area contributed by atoms with Gasteiger partial charge in [0.2, 0.25) is 0 Å². The van der Waals surface area contributed by atoms with Crippen LogP contribution in [0.25, 0.3) is 0 Å². The molecule has 0 unspecified atom stereocenters. The first kappa shape index (κ1) is 13.9. The Morgan fingerprint density at radius 1 is 1.39 bits per heavy atom. The second-order valence-electron chi connectivity index (χ2n) is 7.60. The molecular weight excluding hydrogens is 290 g/mol. The number of hydrogen-bond donors (Lipinski definition) is 2. The summed E-state index contributed by atoms with van der Waals surface area (Å²) in [6.07, 6.45) is 6.41. The highest BCUT2D eigenvalue weighted by Gasteiger charge is 2.70. The van der Waals surface area contributed by atoms with E-state index in [9.17, 15) is 10.2 Å². The van der Waals surface area contributed by atoms with Crippen molar-refractivity contribution in [2.45, 2.75) is 55.3 Å². The van der Waals surface area contributed by atoms with Gasteiger partial charge in [-0.1, -0.05) is 12.1 Å². The summed E-state index contributed by atoms with van der Waals surface area (Å²) in [5.74, 6) is 0.866. The maximum absolute atomic E-state index is 11.9. The van der Waals surface area contributed by atoms with E-state index in [1.807, 2.05) is 12.1 Å². The van der Waals surface area contributed by atoms with Gasteiger partial charge in [0.25, 0.3) is 0 Å². The highest BCUT2D eigenvalue weighted by Crippen LogP contribution is 2.65. The Morgan fingerprint density at radius 3 is 3.09 bits per heavy atom. The number of phenolic OH excluding ortho intramolecular Hbond substituents is 1. The maximum Gasteiger partial charge on any atom is 0.165 e. The van der Waals surface area contributed by atoms with E-state index in [0.717, 1.165) is 50.8 Å². The highest BCUT2D eigenvalue weighted by molar-refractivity contribution is 5.62. The van der Waals surface area contributed by atoms with E-state index in [0.29, 0.717) is 5.75 Å². The van der Waals surface area contributed by atoms with E-state index in [1.165, 1.54) is 5.56 Å². The number of likely N-dealkylation sites (tertiary alicyclic amines) is 1. The second-order valence-corrected chi connectivity index (χ2v) is 7.60. The number of phenols is 1. The van der Waals surface area contributed by atoms with Gasteiger partial charge in [-0.15, -0.1) is 6.58 Å². The van der Waals surface area contributed by atoms with E-state index in [1.54, 1.807) is 6.07 Å². The van der Waals surface area contributed by atoms with Gasteiger partial charge < -0.3 is 14.9 Å². The predicted octanol–water partition coefficient (Wildman–Crippen LogP) is 2.12. The molecule has 2 bridgehead atoms. The van der Waals surface area contributed by atoms with E-state index in [2.05, 4.69) is 11.5 Å². The first-order valence-electron chi connectivity index (χ1n) is 8.71. The van der Waals surface area contributed by atoms with Gasteiger partial charge >= 0.3 is 0 Å². The van der Waals surface area contributed by atoms with Crippen molar-refractivity contribution in [3.8, 4) is 11.5 Å².